The molecule has 0 aromatic heterocycles. The van der Waals surface area contributed by atoms with Crippen LogP contribution < -0.4 is 16.4 Å². The quantitative estimate of drug-likeness (QED) is 0.501. The lowest BCUT2D eigenvalue weighted by atomic mass is 10.0. The van der Waals surface area contributed by atoms with Crippen LogP contribution in [0.1, 0.15) is 44.7 Å². The van der Waals surface area contributed by atoms with E-state index < -0.39 is 11.9 Å². The van der Waals surface area contributed by atoms with Crippen molar-refractivity contribution in [3.8, 4) is 0 Å². The Morgan fingerprint density at radius 3 is 2.57 bits per heavy atom. The number of rotatable bonds is 4. The molecule has 2 aliphatic rings. The summed E-state index contributed by atoms with van der Waals surface area (Å²) in [6.07, 6.45) is 0.467. The molecular weight excluding hydrogens is 408 g/mol. The highest BCUT2D eigenvalue weighted by molar-refractivity contribution is 6.07. The minimum absolute atomic E-state index is 0. The summed E-state index contributed by atoms with van der Waals surface area (Å²) in [4.78, 5) is 50.6. The fraction of sp³-hybridized carbons (Fsp3) is 0.238. The van der Waals surface area contributed by atoms with Gasteiger partial charge in [0.1, 0.15) is 6.04 Å². The van der Waals surface area contributed by atoms with Gasteiger partial charge in [-0.15, -0.1) is 12.4 Å². The monoisotopic (exact) mass is 428 g/mol. The minimum atomic E-state index is -0.710. The van der Waals surface area contributed by atoms with Crippen LogP contribution in [0.2, 0.25) is 0 Å². The summed E-state index contributed by atoms with van der Waals surface area (Å²) in [6, 6.07) is 11.5. The molecule has 2 aliphatic heterocycles. The van der Waals surface area contributed by atoms with Crippen LogP contribution in [-0.2, 0) is 22.7 Å². The molecule has 2 heterocycles. The summed E-state index contributed by atoms with van der Waals surface area (Å²) in [7, 11) is 0. The number of carbonyl (C=O) groups excluding carboxylic acids is 4. The van der Waals surface area contributed by atoms with E-state index >= 15 is 0 Å². The molecule has 1 saturated heterocycles. The van der Waals surface area contributed by atoms with Gasteiger partial charge in [-0.1, -0.05) is 18.2 Å². The molecule has 4 rings (SSSR count). The number of anilines is 1. The standard InChI is InChI=1S/C21H20N4O4.ClH/c22-13-6-4-12(5-7-13)10-23-19(27)14-2-1-3-15-16(14)11-25(21(15)29)17-8-9-18(26)24-20(17)28;/h1-7,17H,8-11,22H2,(H,23,27)(H,24,26,28);1H. The molecule has 156 valence electrons. The van der Waals surface area contributed by atoms with Gasteiger partial charge in [0, 0.05) is 36.3 Å². The number of amides is 4. The molecule has 1 fully saturated rings. The lowest BCUT2D eigenvalue weighted by molar-refractivity contribution is -0.136. The second-order valence-electron chi connectivity index (χ2n) is 7.16. The Morgan fingerprint density at radius 2 is 1.87 bits per heavy atom. The van der Waals surface area contributed by atoms with E-state index in [-0.39, 0.29) is 49.5 Å². The lowest BCUT2D eigenvalue weighted by Gasteiger charge is -2.29. The van der Waals surface area contributed by atoms with Crippen molar-refractivity contribution in [3.63, 3.8) is 0 Å². The molecule has 2 aromatic rings. The van der Waals surface area contributed by atoms with E-state index in [9.17, 15) is 19.2 Å². The SMILES string of the molecule is Cl.Nc1ccc(CNC(=O)c2cccc3c2CN(C2CCC(=O)NC2=O)C3=O)cc1. The van der Waals surface area contributed by atoms with E-state index in [1.165, 1.54) is 4.90 Å². The average molecular weight is 429 g/mol. The molecule has 4 N–H and O–H groups in total. The van der Waals surface area contributed by atoms with Gasteiger partial charge < -0.3 is 16.0 Å². The van der Waals surface area contributed by atoms with Crippen LogP contribution in [0.15, 0.2) is 42.5 Å². The van der Waals surface area contributed by atoms with E-state index in [2.05, 4.69) is 10.6 Å². The average Bonchev–Trinajstić information content (AvgIpc) is 3.04. The first kappa shape index (κ1) is 21.3. The topological polar surface area (TPSA) is 122 Å². The molecule has 0 spiro atoms. The van der Waals surface area contributed by atoms with Gasteiger partial charge in [-0.05, 0) is 41.8 Å². The van der Waals surface area contributed by atoms with Crippen LogP contribution >= 0.6 is 12.4 Å². The number of hydrogen-bond donors (Lipinski definition) is 3. The van der Waals surface area contributed by atoms with Crippen molar-refractivity contribution in [3.05, 3.63) is 64.7 Å². The minimum Gasteiger partial charge on any atom is -0.399 e. The highest BCUT2D eigenvalue weighted by atomic mass is 35.5. The Labute approximate surface area is 179 Å². The van der Waals surface area contributed by atoms with Gasteiger partial charge in [0.25, 0.3) is 11.8 Å². The number of benzene rings is 2. The number of fused-ring (bicyclic) bond motifs is 1. The Hall–Kier alpha value is -3.39. The number of nitrogens with two attached hydrogens (primary N) is 1. The number of nitrogens with one attached hydrogen (secondary N) is 2. The number of hydrogen-bond acceptors (Lipinski definition) is 5. The number of nitrogen functional groups attached to an aromatic ring is 1. The van der Waals surface area contributed by atoms with Crippen molar-refractivity contribution in [2.75, 3.05) is 5.73 Å². The van der Waals surface area contributed by atoms with Crippen molar-refractivity contribution in [1.29, 1.82) is 0 Å². The van der Waals surface area contributed by atoms with Crippen molar-refractivity contribution < 1.29 is 19.2 Å². The van der Waals surface area contributed by atoms with Crippen LogP contribution in [0.5, 0.6) is 0 Å². The van der Waals surface area contributed by atoms with Crippen LogP contribution in [-0.4, -0.2) is 34.6 Å². The maximum Gasteiger partial charge on any atom is 0.255 e. The molecule has 0 aliphatic carbocycles. The summed E-state index contributed by atoms with van der Waals surface area (Å²) in [6.45, 7) is 0.486. The zero-order valence-electron chi connectivity index (χ0n) is 16.0. The first-order valence-corrected chi connectivity index (χ1v) is 9.33. The third kappa shape index (κ3) is 3.99. The Kier molecular flexibility index (Phi) is 6.07. The number of nitrogens with zero attached hydrogens (tertiary/aromatic N) is 1. The Morgan fingerprint density at radius 1 is 1.13 bits per heavy atom. The van der Waals surface area contributed by atoms with Crippen LogP contribution in [0.25, 0.3) is 0 Å². The van der Waals surface area contributed by atoms with Gasteiger partial charge in [-0.25, -0.2) is 0 Å². The maximum absolute atomic E-state index is 12.8. The van der Waals surface area contributed by atoms with E-state index in [0.29, 0.717) is 28.9 Å². The van der Waals surface area contributed by atoms with E-state index in [1.54, 1.807) is 30.3 Å². The second-order valence-corrected chi connectivity index (χ2v) is 7.16. The normalized spacial score (nSPS) is 17.8. The molecule has 9 heteroatoms. The highest BCUT2D eigenvalue weighted by Gasteiger charge is 2.40. The van der Waals surface area contributed by atoms with Gasteiger partial charge >= 0.3 is 0 Å². The number of halogens is 1. The van der Waals surface area contributed by atoms with Crippen molar-refractivity contribution in [1.82, 2.24) is 15.5 Å². The molecule has 0 saturated carbocycles. The van der Waals surface area contributed by atoms with Crippen LogP contribution in [0.3, 0.4) is 0 Å². The summed E-state index contributed by atoms with van der Waals surface area (Å²) in [5, 5.41) is 5.13. The zero-order chi connectivity index (χ0) is 20.5. The molecule has 8 nitrogen and oxygen atoms in total. The van der Waals surface area contributed by atoms with Crippen molar-refractivity contribution >= 4 is 41.7 Å². The fourth-order valence-corrected chi connectivity index (χ4v) is 3.71. The molecule has 1 unspecified atom stereocenters. The molecule has 4 amide bonds. The molecule has 0 bridgehead atoms. The fourth-order valence-electron chi connectivity index (χ4n) is 3.71. The summed E-state index contributed by atoms with van der Waals surface area (Å²) < 4.78 is 0. The Balaban J connectivity index is 0.00000256. The van der Waals surface area contributed by atoms with Gasteiger partial charge in [0.05, 0.1) is 0 Å². The van der Waals surface area contributed by atoms with Gasteiger partial charge in [-0.2, -0.15) is 0 Å². The van der Waals surface area contributed by atoms with Crippen molar-refractivity contribution in [2.24, 2.45) is 0 Å². The Bertz CT molecular complexity index is 1020. The number of piperidine rings is 1. The largest absolute Gasteiger partial charge is 0.399 e. The smallest absolute Gasteiger partial charge is 0.255 e. The summed E-state index contributed by atoms with van der Waals surface area (Å²) in [5.41, 5.74) is 8.63. The summed E-state index contributed by atoms with van der Waals surface area (Å²) >= 11 is 0. The van der Waals surface area contributed by atoms with E-state index in [4.69, 9.17) is 5.73 Å². The lowest BCUT2D eigenvalue weighted by Crippen LogP contribution is -2.52. The van der Waals surface area contributed by atoms with Gasteiger partial charge in [-0.3, -0.25) is 24.5 Å². The molecule has 1 atom stereocenters. The first-order valence-electron chi connectivity index (χ1n) is 9.33. The van der Waals surface area contributed by atoms with Crippen LogP contribution in [0.4, 0.5) is 5.69 Å². The molecular formula is C21H21ClN4O4. The van der Waals surface area contributed by atoms with Gasteiger partial charge in [0.15, 0.2) is 0 Å². The molecule has 30 heavy (non-hydrogen) atoms. The van der Waals surface area contributed by atoms with Crippen LogP contribution in [0, 0.1) is 0 Å². The first-order chi connectivity index (χ1) is 13.9. The van der Waals surface area contributed by atoms with Gasteiger partial charge in [0.2, 0.25) is 11.8 Å². The van der Waals surface area contributed by atoms with E-state index in [0.717, 1.165) is 5.56 Å². The predicted molar refractivity (Wildman–Crippen MR) is 112 cm³/mol. The predicted octanol–water partition coefficient (Wildman–Crippen LogP) is 1.38. The zero-order valence-corrected chi connectivity index (χ0v) is 16.8. The van der Waals surface area contributed by atoms with E-state index in [1.807, 2.05) is 12.1 Å². The third-order valence-corrected chi connectivity index (χ3v) is 5.26. The number of carbonyl (C=O) groups is 4. The van der Waals surface area contributed by atoms with Crippen molar-refractivity contribution in [2.45, 2.75) is 32.0 Å². The third-order valence-electron chi connectivity index (χ3n) is 5.26. The maximum atomic E-state index is 12.8. The number of imide groups is 1. The molecule has 0 radical (unpaired) electrons. The highest BCUT2D eigenvalue weighted by Crippen LogP contribution is 2.29. The molecule has 2 aromatic carbocycles. The second kappa shape index (κ2) is 8.54. The summed E-state index contributed by atoms with van der Waals surface area (Å²) in [5.74, 6) is -1.41.